The van der Waals surface area contributed by atoms with Crippen molar-refractivity contribution in [2.45, 2.75) is 0 Å². The summed E-state index contributed by atoms with van der Waals surface area (Å²) < 4.78 is 14.7. The minimum atomic E-state index is -0.324. The van der Waals surface area contributed by atoms with Crippen LogP contribution in [0.15, 0.2) is 18.2 Å². The molecule has 1 rings (SSSR count). The van der Waals surface area contributed by atoms with E-state index >= 15 is 0 Å². The Morgan fingerprint density at radius 3 is 2.35 bits per heavy atom. The molecule has 0 bridgehead atoms. The van der Waals surface area contributed by atoms with Gasteiger partial charge in [0, 0.05) is 11.8 Å². The highest BCUT2D eigenvalue weighted by atomic mass is 35.5. The van der Waals surface area contributed by atoms with E-state index in [-0.39, 0.29) is 24.9 Å². The third-order valence-electron chi connectivity index (χ3n) is 2.05. The van der Waals surface area contributed by atoms with Gasteiger partial charge >= 0.3 is 5.97 Å². The van der Waals surface area contributed by atoms with Crippen LogP contribution in [0.4, 0.5) is 5.69 Å². The molecule has 96 valence electrons. The minimum absolute atomic E-state index is 0. The Bertz CT molecular complexity index is 370. The van der Waals surface area contributed by atoms with Gasteiger partial charge < -0.3 is 19.5 Å². The Kier molecular flexibility index (Phi) is 6.89. The van der Waals surface area contributed by atoms with Crippen molar-refractivity contribution >= 4 is 24.1 Å². The fourth-order valence-electron chi connectivity index (χ4n) is 1.19. The van der Waals surface area contributed by atoms with Crippen molar-refractivity contribution in [3.8, 4) is 11.5 Å². The molecular weight excluding hydrogens is 246 g/mol. The van der Waals surface area contributed by atoms with Gasteiger partial charge in [-0.1, -0.05) is 0 Å². The zero-order chi connectivity index (χ0) is 12.0. The number of hydrogen-bond acceptors (Lipinski definition) is 5. The van der Waals surface area contributed by atoms with Crippen molar-refractivity contribution < 1.29 is 19.0 Å². The average Bonchev–Trinajstić information content (AvgIpc) is 2.35. The number of anilines is 1. The molecule has 17 heavy (non-hydrogen) atoms. The van der Waals surface area contributed by atoms with Crippen LogP contribution in [0.2, 0.25) is 0 Å². The van der Waals surface area contributed by atoms with Crippen LogP contribution in [-0.4, -0.2) is 33.8 Å². The highest BCUT2D eigenvalue weighted by Gasteiger charge is 2.05. The second kappa shape index (κ2) is 7.62. The quantitative estimate of drug-likeness (QED) is 0.818. The molecule has 0 aromatic heterocycles. The molecule has 0 aliphatic heterocycles. The van der Waals surface area contributed by atoms with Crippen molar-refractivity contribution in [1.82, 2.24) is 0 Å². The predicted octanol–water partition coefficient (Wildman–Crippen LogP) is 1.71. The zero-order valence-electron chi connectivity index (χ0n) is 9.98. The van der Waals surface area contributed by atoms with E-state index < -0.39 is 0 Å². The third kappa shape index (κ3) is 4.40. The van der Waals surface area contributed by atoms with Gasteiger partial charge in [-0.15, -0.1) is 12.4 Å². The second-order valence-corrected chi connectivity index (χ2v) is 3.00. The molecule has 6 heteroatoms. The summed E-state index contributed by atoms with van der Waals surface area (Å²) in [5.74, 6) is 0.929. The maximum atomic E-state index is 10.9. The standard InChI is InChI=1S/C11H15NO4.ClH/c1-14-9-5-4-8(6-10(9)15-2)12-7-11(13)16-3;/h4-6,12H,7H2,1-3H3;1H. The number of esters is 1. The summed E-state index contributed by atoms with van der Waals surface area (Å²) in [5, 5.41) is 2.91. The first-order valence-corrected chi connectivity index (χ1v) is 4.74. The first kappa shape index (κ1) is 15.4. The topological polar surface area (TPSA) is 56.8 Å². The van der Waals surface area contributed by atoms with Crippen LogP contribution in [0.3, 0.4) is 0 Å². The monoisotopic (exact) mass is 261 g/mol. The fourth-order valence-corrected chi connectivity index (χ4v) is 1.19. The highest BCUT2D eigenvalue weighted by Crippen LogP contribution is 2.29. The highest BCUT2D eigenvalue weighted by molar-refractivity contribution is 5.85. The van der Waals surface area contributed by atoms with Gasteiger partial charge in [-0.3, -0.25) is 4.79 Å². The second-order valence-electron chi connectivity index (χ2n) is 3.00. The smallest absolute Gasteiger partial charge is 0.325 e. The summed E-state index contributed by atoms with van der Waals surface area (Å²) in [7, 11) is 4.47. The molecule has 0 heterocycles. The van der Waals surface area contributed by atoms with Crippen LogP contribution >= 0.6 is 12.4 Å². The molecule has 0 radical (unpaired) electrons. The van der Waals surface area contributed by atoms with Gasteiger partial charge in [-0.25, -0.2) is 0 Å². The zero-order valence-corrected chi connectivity index (χ0v) is 10.8. The Hall–Kier alpha value is -1.62. The lowest BCUT2D eigenvalue weighted by atomic mass is 10.2. The number of carbonyl (C=O) groups is 1. The molecular formula is C11H16ClNO4. The third-order valence-corrected chi connectivity index (χ3v) is 2.05. The molecule has 0 amide bonds. The summed E-state index contributed by atoms with van der Waals surface area (Å²) >= 11 is 0. The van der Waals surface area contributed by atoms with E-state index in [0.29, 0.717) is 11.5 Å². The van der Waals surface area contributed by atoms with E-state index in [1.807, 2.05) is 0 Å². The van der Waals surface area contributed by atoms with E-state index in [1.54, 1.807) is 32.4 Å². The Morgan fingerprint density at radius 1 is 1.18 bits per heavy atom. The first-order chi connectivity index (χ1) is 7.71. The number of ether oxygens (including phenoxy) is 3. The van der Waals surface area contributed by atoms with E-state index in [2.05, 4.69) is 10.1 Å². The van der Waals surface area contributed by atoms with Crippen molar-refractivity contribution in [3.05, 3.63) is 18.2 Å². The van der Waals surface area contributed by atoms with Crippen molar-refractivity contribution in [2.24, 2.45) is 0 Å². The van der Waals surface area contributed by atoms with E-state index in [9.17, 15) is 4.79 Å². The van der Waals surface area contributed by atoms with Crippen LogP contribution in [0, 0.1) is 0 Å². The van der Waals surface area contributed by atoms with Crippen molar-refractivity contribution in [2.75, 3.05) is 33.2 Å². The summed E-state index contributed by atoms with van der Waals surface area (Å²) in [6.07, 6.45) is 0. The van der Waals surface area contributed by atoms with E-state index in [1.165, 1.54) is 7.11 Å². The van der Waals surface area contributed by atoms with Crippen molar-refractivity contribution in [3.63, 3.8) is 0 Å². The largest absolute Gasteiger partial charge is 0.493 e. The SMILES string of the molecule is COC(=O)CNc1ccc(OC)c(OC)c1.Cl. The Balaban J connectivity index is 0.00000256. The molecule has 0 saturated carbocycles. The fraction of sp³-hybridized carbons (Fsp3) is 0.364. The van der Waals surface area contributed by atoms with Crippen LogP contribution in [0.5, 0.6) is 11.5 Å². The molecule has 0 aliphatic carbocycles. The van der Waals surface area contributed by atoms with Gasteiger partial charge in [-0.2, -0.15) is 0 Å². The molecule has 0 atom stereocenters. The van der Waals surface area contributed by atoms with Crippen LogP contribution in [0.25, 0.3) is 0 Å². The van der Waals surface area contributed by atoms with Gasteiger partial charge in [-0.05, 0) is 12.1 Å². The summed E-state index contributed by atoms with van der Waals surface area (Å²) in [5.41, 5.74) is 0.767. The van der Waals surface area contributed by atoms with Crippen LogP contribution < -0.4 is 14.8 Å². The Labute approximate surface area is 106 Å². The van der Waals surface area contributed by atoms with E-state index in [0.717, 1.165) is 5.69 Å². The number of nitrogens with one attached hydrogen (secondary N) is 1. The maximum Gasteiger partial charge on any atom is 0.325 e. The molecule has 1 aromatic carbocycles. The number of benzene rings is 1. The first-order valence-electron chi connectivity index (χ1n) is 4.74. The van der Waals surface area contributed by atoms with Gasteiger partial charge in [0.25, 0.3) is 0 Å². The number of carbonyl (C=O) groups excluding carboxylic acids is 1. The molecule has 0 aliphatic rings. The summed E-state index contributed by atoms with van der Waals surface area (Å²) in [6, 6.07) is 5.31. The van der Waals surface area contributed by atoms with Gasteiger partial charge in [0.15, 0.2) is 11.5 Å². The lowest BCUT2D eigenvalue weighted by molar-refractivity contribution is -0.138. The van der Waals surface area contributed by atoms with Crippen LogP contribution in [-0.2, 0) is 9.53 Å². The van der Waals surface area contributed by atoms with Gasteiger partial charge in [0.05, 0.1) is 21.3 Å². The number of methoxy groups -OCH3 is 3. The number of rotatable bonds is 5. The molecule has 0 unspecified atom stereocenters. The lowest BCUT2D eigenvalue weighted by Crippen LogP contribution is -2.14. The molecule has 0 spiro atoms. The number of halogens is 1. The van der Waals surface area contributed by atoms with Gasteiger partial charge in [0.1, 0.15) is 6.54 Å². The average molecular weight is 262 g/mol. The van der Waals surface area contributed by atoms with Crippen LogP contribution in [0.1, 0.15) is 0 Å². The van der Waals surface area contributed by atoms with E-state index in [4.69, 9.17) is 9.47 Å². The maximum absolute atomic E-state index is 10.9. The molecule has 1 aromatic rings. The molecule has 0 fully saturated rings. The Morgan fingerprint density at radius 2 is 1.82 bits per heavy atom. The summed E-state index contributed by atoms with van der Waals surface area (Å²) in [4.78, 5) is 10.9. The van der Waals surface area contributed by atoms with Gasteiger partial charge in [0.2, 0.25) is 0 Å². The predicted molar refractivity (Wildman–Crippen MR) is 67.3 cm³/mol. The lowest BCUT2D eigenvalue weighted by Gasteiger charge is -2.10. The number of hydrogen-bond donors (Lipinski definition) is 1. The van der Waals surface area contributed by atoms with Crippen molar-refractivity contribution in [1.29, 1.82) is 0 Å². The normalized spacial score (nSPS) is 8.88. The molecule has 1 N–H and O–H groups in total. The molecule has 5 nitrogen and oxygen atoms in total. The molecule has 0 saturated heterocycles. The minimum Gasteiger partial charge on any atom is -0.493 e. The summed E-state index contributed by atoms with van der Waals surface area (Å²) in [6.45, 7) is 0.117.